The van der Waals surface area contributed by atoms with Crippen LogP contribution >= 0.6 is 0 Å². The molecule has 1 heterocycles. The Bertz CT molecular complexity index is 660. The number of sulfonamides is 1. The van der Waals surface area contributed by atoms with Crippen molar-refractivity contribution in [1.29, 1.82) is 0 Å². The molecular weight excluding hydrogens is 244 g/mol. The Labute approximate surface area is 97.6 Å². The van der Waals surface area contributed by atoms with Gasteiger partial charge in [-0.1, -0.05) is 17.3 Å². The van der Waals surface area contributed by atoms with Crippen LogP contribution in [0.2, 0.25) is 0 Å². The molecule has 0 radical (unpaired) electrons. The molecule has 0 aliphatic heterocycles. The second-order valence-electron chi connectivity index (χ2n) is 3.60. The zero-order chi connectivity index (χ0) is 12.5. The van der Waals surface area contributed by atoms with E-state index in [1.165, 1.54) is 0 Å². The van der Waals surface area contributed by atoms with E-state index in [0.29, 0.717) is 16.7 Å². The largest absolute Gasteiger partial charge is 0.356 e. The Balaban J connectivity index is 2.22. The lowest BCUT2D eigenvalue weighted by molar-refractivity contribution is -0.118. The summed E-state index contributed by atoms with van der Waals surface area (Å²) in [6.45, 7) is 0. The topological polar surface area (TPSA) is 89.3 Å². The molecule has 1 N–H and O–H groups in total. The molecule has 0 spiro atoms. The number of benzene rings is 1. The SMILES string of the molecule is CS(=O)(=O)NC(=O)Cc1noc2ccccc12. The molecule has 0 bridgehead atoms. The fourth-order valence-corrected chi connectivity index (χ4v) is 1.95. The Morgan fingerprint density at radius 2 is 2.12 bits per heavy atom. The van der Waals surface area contributed by atoms with Crippen molar-refractivity contribution in [3.8, 4) is 0 Å². The van der Waals surface area contributed by atoms with E-state index < -0.39 is 15.9 Å². The summed E-state index contributed by atoms with van der Waals surface area (Å²) in [6.07, 6.45) is 0.788. The molecule has 0 unspecified atom stereocenters. The Morgan fingerprint density at radius 1 is 1.41 bits per heavy atom. The number of carbonyl (C=O) groups excluding carboxylic acids is 1. The van der Waals surface area contributed by atoms with E-state index in [-0.39, 0.29) is 6.42 Å². The number of aromatic nitrogens is 1. The molecule has 2 rings (SSSR count). The number of fused-ring (bicyclic) bond motifs is 1. The molecule has 0 aliphatic carbocycles. The number of hydrogen-bond donors (Lipinski definition) is 1. The first-order valence-electron chi connectivity index (χ1n) is 4.79. The summed E-state index contributed by atoms with van der Waals surface area (Å²) in [5.74, 6) is -0.633. The minimum absolute atomic E-state index is 0.135. The van der Waals surface area contributed by atoms with Gasteiger partial charge < -0.3 is 4.52 Å². The van der Waals surface area contributed by atoms with Crippen LogP contribution in [0.5, 0.6) is 0 Å². The van der Waals surface area contributed by atoms with E-state index in [2.05, 4.69) is 5.16 Å². The normalized spacial score (nSPS) is 11.6. The number of amides is 1. The minimum atomic E-state index is -3.54. The highest BCUT2D eigenvalue weighted by Gasteiger charge is 2.14. The summed E-state index contributed by atoms with van der Waals surface area (Å²) in [6, 6.07) is 7.06. The molecule has 0 saturated carbocycles. The number of rotatable bonds is 3. The van der Waals surface area contributed by atoms with Crippen LogP contribution in [0.3, 0.4) is 0 Å². The van der Waals surface area contributed by atoms with Crippen molar-refractivity contribution in [3.05, 3.63) is 30.0 Å². The summed E-state index contributed by atoms with van der Waals surface area (Å²) < 4.78 is 28.6. The maximum absolute atomic E-state index is 11.4. The standard InChI is InChI=1S/C10H10N2O4S/c1-17(14,15)12-10(13)6-8-7-4-2-3-5-9(7)16-11-8/h2-5H,6H2,1H3,(H,12,13). The van der Waals surface area contributed by atoms with E-state index >= 15 is 0 Å². The number of hydrogen-bond acceptors (Lipinski definition) is 5. The molecule has 0 fully saturated rings. The zero-order valence-electron chi connectivity index (χ0n) is 9.00. The van der Waals surface area contributed by atoms with Crippen LogP contribution < -0.4 is 4.72 Å². The second-order valence-corrected chi connectivity index (χ2v) is 5.35. The van der Waals surface area contributed by atoms with Crippen LogP contribution in [-0.2, 0) is 21.2 Å². The van der Waals surface area contributed by atoms with E-state index in [0.717, 1.165) is 6.26 Å². The lowest BCUT2D eigenvalue weighted by atomic mass is 10.2. The molecule has 0 aliphatic rings. The van der Waals surface area contributed by atoms with Gasteiger partial charge in [0.2, 0.25) is 15.9 Å². The van der Waals surface area contributed by atoms with Crippen molar-refractivity contribution in [1.82, 2.24) is 9.88 Å². The highest BCUT2D eigenvalue weighted by molar-refractivity contribution is 7.89. The zero-order valence-corrected chi connectivity index (χ0v) is 9.82. The summed E-state index contributed by atoms with van der Waals surface area (Å²) in [5, 5.41) is 4.44. The monoisotopic (exact) mass is 254 g/mol. The first-order chi connectivity index (χ1) is 7.96. The Kier molecular flexibility index (Phi) is 2.84. The molecule has 1 aromatic carbocycles. The molecule has 1 amide bonds. The van der Waals surface area contributed by atoms with Crippen molar-refractivity contribution in [2.45, 2.75) is 6.42 Å². The Morgan fingerprint density at radius 3 is 2.82 bits per heavy atom. The summed E-state index contributed by atoms with van der Waals surface area (Å²) >= 11 is 0. The van der Waals surface area contributed by atoms with Gasteiger partial charge in [0.1, 0.15) is 5.69 Å². The molecule has 0 saturated heterocycles. The highest BCUT2D eigenvalue weighted by atomic mass is 32.2. The summed E-state index contributed by atoms with van der Waals surface area (Å²) in [5.41, 5.74) is 0.983. The van der Waals surface area contributed by atoms with E-state index in [1.807, 2.05) is 4.72 Å². The molecule has 90 valence electrons. The van der Waals surface area contributed by atoms with Gasteiger partial charge in [0.25, 0.3) is 0 Å². The molecule has 0 atom stereocenters. The van der Waals surface area contributed by atoms with E-state index in [9.17, 15) is 13.2 Å². The first-order valence-corrected chi connectivity index (χ1v) is 6.69. The molecule has 2 aromatic rings. The third kappa shape index (κ3) is 2.82. The molecule has 6 nitrogen and oxygen atoms in total. The van der Waals surface area contributed by atoms with Gasteiger partial charge >= 0.3 is 0 Å². The van der Waals surface area contributed by atoms with Gasteiger partial charge in [0.15, 0.2) is 5.58 Å². The fourth-order valence-electron chi connectivity index (χ4n) is 1.46. The molecule has 1 aromatic heterocycles. The first kappa shape index (κ1) is 11.6. The maximum atomic E-state index is 11.4. The van der Waals surface area contributed by atoms with Gasteiger partial charge in [-0.3, -0.25) is 9.52 Å². The highest BCUT2D eigenvalue weighted by Crippen LogP contribution is 2.17. The van der Waals surface area contributed by atoms with Gasteiger partial charge in [0.05, 0.1) is 12.7 Å². The number of nitrogens with one attached hydrogen (secondary N) is 1. The van der Waals surface area contributed by atoms with Gasteiger partial charge in [-0.2, -0.15) is 0 Å². The number of carbonyl (C=O) groups is 1. The maximum Gasteiger partial charge on any atom is 0.239 e. The van der Waals surface area contributed by atoms with Crippen LogP contribution in [0.1, 0.15) is 5.69 Å². The van der Waals surface area contributed by atoms with Crippen LogP contribution in [0.15, 0.2) is 28.8 Å². The third-order valence-corrected chi connectivity index (χ3v) is 2.68. The van der Waals surface area contributed by atoms with Crippen molar-refractivity contribution >= 4 is 26.9 Å². The quantitative estimate of drug-likeness (QED) is 0.858. The lowest BCUT2D eigenvalue weighted by Crippen LogP contribution is -2.30. The average Bonchev–Trinajstić information content (AvgIpc) is 2.59. The fraction of sp³-hybridized carbons (Fsp3) is 0.200. The molecular formula is C10H10N2O4S. The van der Waals surface area contributed by atoms with Gasteiger partial charge in [-0.15, -0.1) is 0 Å². The smallest absolute Gasteiger partial charge is 0.239 e. The average molecular weight is 254 g/mol. The van der Waals surface area contributed by atoms with Crippen LogP contribution in [-0.4, -0.2) is 25.7 Å². The Hall–Kier alpha value is -1.89. The summed E-state index contributed by atoms with van der Waals surface area (Å²) in [4.78, 5) is 11.4. The van der Waals surface area contributed by atoms with Gasteiger partial charge in [0, 0.05) is 5.39 Å². The van der Waals surface area contributed by atoms with Crippen LogP contribution in [0.25, 0.3) is 11.0 Å². The molecule has 17 heavy (non-hydrogen) atoms. The number of nitrogens with zero attached hydrogens (tertiary/aromatic N) is 1. The van der Waals surface area contributed by atoms with Crippen LogP contribution in [0.4, 0.5) is 0 Å². The predicted octanol–water partition coefficient (Wildman–Crippen LogP) is 0.446. The van der Waals surface area contributed by atoms with Gasteiger partial charge in [-0.25, -0.2) is 8.42 Å². The van der Waals surface area contributed by atoms with Gasteiger partial charge in [-0.05, 0) is 12.1 Å². The second kappa shape index (κ2) is 4.17. The van der Waals surface area contributed by atoms with E-state index in [1.54, 1.807) is 24.3 Å². The summed E-state index contributed by atoms with van der Waals surface area (Å²) in [7, 11) is -3.54. The lowest BCUT2D eigenvalue weighted by Gasteiger charge is -1.99. The third-order valence-electron chi connectivity index (χ3n) is 2.08. The van der Waals surface area contributed by atoms with Crippen molar-refractivity contribution in [2.75, 3.05) is 6.26 Å². The predicted molar refractivity (Wildman–Crippen MR) is 60.7 cm³/mol. The molecule has 7 heteroatoms. The number of para-hydroxylation sites is 1. The minimum Gasteiger partial charge on any atom is -0.356 e. The van der Waals surface area contributed by atoms with Crippen LogP contribution in [0, 0.1) is 0 Å². The van der Waals surface area contributed by atoms with Crippen molar-refractivity contribution in [3.63, 3.8) is 0 Å². The van der Waals surface area contributed by atoms with Crippen molar-refractivity contribution < 1.29 is 17.7 Å². The van der Waals surface area contributed by atoms with Crippen molar-refractivity contribution in [2.24, 2.45) is 0 Å². The van der Waals surface area contributed by atoms with E-state index in [4.69, 9.17) is 4.52 Å².